The lowest BCUT2D eigenvalue weighted by Gasteiger charge is -2.28. The van der Waals surface area contributed by atoms with Crippen LogP contribution in [0.4, 0.5) is 0 Å². The van der Waals surface area contributed by atoms with Crippen LogP contribution in [0.2, 0.25) is 0 Å². The topological polar surface area (TPSA) is 38.5 Å². The molecular weight excluding hydrogens is 184 g/mol. The maximum atomic E-state index is 5.68. The highest BCUT2D eigenvalue weighted by Gasteiger charge is 2.19. The van der Waals surface area contributed by atoms with Crippen molar-refractivity contribution in [3.05, 3.63) is 0 Å². The van der Waals surface area contributed by atoms with Crippen molar-refractivity contribution in [1.82, 2.24) is 4.90 Å². The third-order valence-corrected chi connectivity index (χ3v) is 2.68. The van der Waals surface area contributed by atoms with Crippen LogP contribution >= 0.6 is 12.2 Å². The van der Waals surface area contributed by atoms with Crippen molar-refractivity contribution in [2.75, 3.05) is 26.3 Å². The lowest BCUT2D eigenvalue weighted by Crippen LogP contribution is -2.44. The van der Waals surface area contributed by atoms with Crippen LogP contribution in [0.15, 0.2) is 0 Å². The molecule has 0 saturated carbocycles. The number of hydrogen-bond acceptors (Lipinski definition) is 3. The maximum absolute atomic E-state index is 5.68. The summed E-state index contributed by atoms with van der Waals surface area (Å²) in [5, 5.41) is 0. The summed E-state index contributed by atoms with van der Waals surface area (Å²) < 4.78 is 5.37. The Morgan fingerprint density at radius 3 is 2.92 bits per heavy atom. The van der Waals surface area contributed by atoms with Gasteiger partial charge in [0.25, 0.3) is 0 Å². The molecule has 1 saturated heterocycles. The molecule has 0 amide bonds. The van der Waals surface area contributed by atoms with Gasteiger partial charge in [-0.25, -0.2) is 0 Å². The molecule has 0 radical (unpaired) electrons. The van der Waals surface area contributed by atoms with Gasteiger partial charge in [-0.15, -0.1) is 0 Å². The van der Waals surface area contributed by atoms with Crippen molar-refractivity contribution in [3.63, 3.8) is 0 Å². The maximum Gasteiger partial charge on any atom is 0.0901 e. The van der Waals surface area contributed by atoms with Gasteiger partial charge >= 0.3 is 0 Å². The molecule has 2 N–H and O–H groups in total. The Hall–Kier alpha value is -0.190. The van der Waals surface area contributed by atoms with Crippen molar-refractivity contribution in [1.29, 1.82) is 0 Å². The Kier molecular flexibility index (Phi) is 4.62. The first-order chi connectivity index (χ1) is 6.25. The minimum absolute atomic E-state index is 0.261. The van der Waals surface area contributed by atoms with E-state index in [-0.39, 0.29) is 6.04 Å². The molecule has 1 aliphatic rings. The highest BCUT2D eigenvalue weighted by Crippen LogP contribution is 2.08. The second-order valence-corrected chi connectivity index (χ2v) is 3.80. The van der Waals surface area contributed by atoms with Gasteiger partial charge < -0.3 is 10.5 Å². The first kappa shape index (κ1) is 10.9. The van der Waals surface area contributed by atoms with E-state index >= 15 is 0 Å². The largest absolute Gasteiger partial charge is 0.392 e. The predicted molar refractivity (Wildman–Crippen MR) is 57.9 cm³/mol. The number of hydrogen-bond donors (Lipinski definition) is 1. The number of thiocarbonyl (C=S) groups is 1. The van der Waals surface area contributed by atoms with Gasteiger partial charge in [-0.1, -0.05) is 19.1 Å². The van der Waals surface area contributed by atoms with Gasteiger partial charge in [0.15, 0.2) is 0 Å². The molecule has 3 nitrogen and oxygen atoms in total. The molecule has 1 heterocycles. The Morgan fingerprint density at radius 1 is 1.54 bits per heavy atom. The summed E-state index contributed by atoms with van der Waals surface area (Å²) in [7, 11) is 0. The number of nitrogens with zero attached hydrogens (tertiary/aromatic N) is 1. The normalized spacial score (nSPS) is 22.2. The van der Waals surface area contributed by atoms with Crippen molar-refractivity contribution < 1.29 is 4.74 Å². The SMILES string of the molecule is CCC(C(N)=S)N1CCCOCC1. The number of ether oxygens (including phenoxy) is 1. The zero-order valence-electron chi connectivity index (χ0n) is 8.16. The zero-order valence-corrected chi connectivity index (χ0v) is 8.98. The average Bonchev–Trinajstić information content (AvgIpc) is 2.33. The van der Waals surface area contributed by atoms with E-state index < -0.39 is 0 Å². The van der Waals surface area contributed by atoms with Crippen LogP contribution in [-0.4, -0.2) is 42.2 Å². The van der Waals surface area contributed by atoms with Gasteiger partial charge in [-0.05, 0) is 12.8 Å². The van der Waals surface area contributed by atoms with E-state index in [1.54, 1.807) is 0 Å². The molecule has 1 aliphatic heterocycles. The molecule has 13 heavy (non-hydrogen) atoms. The van der Waals surface area contributed by atoms with E-state index in [1.165, 1.54) is 0 Å². The van der Waals surface area contributed by atoms with Gasteiger partial charge in [0.1, 0.15) is 0 Å². The molecule has 4 heteroatoms. The monoisotopic (exact) mass is 202 g/mol. The molecule has 1 unspecified atom stereocenters. The lowest BCUT2D eigenvalue weighted by atomic mass is 10.2. The van der Waals surface area contributed by atoms with E-state index in [9.17, 15) is 0 Å². The number of nitrogens with two attached hydrogens (primary N) is 1. The molecule has 0 aromatic heterocycles. The predicted octanol–water partition coefficient (Wildman–Crippen LogP) is 0.773. The summed E-state index contributed by atoms with van der Waals surface area (Å²) in [6.45, 7) is 5.80. The second kappa shape index (κ2) is 5.52. The molecular formula is C9H18N2OS. The summed E-state index contributed by atoms with van der Waals surface area (Å²) in [6.07, 6.45) is 2.08. The molecule has 1 atom stereocenters. The van der Waals surface area contributed by atoms with E-state index in [1.807, 2.05) is 0 Å². The molecule has 1 rings (SSSR count). The van der Waals surface area contributed by atoms with Gasteiger partial charge in [-0.2, -0.15) is 0 Å². The highest BCUT2D eigenvalue weighted by atomic mass is 32.1. The fourth-order valence-corrected chi connectivity index (χ4v) is 2.03. The standard InChI is InChI=1S/C9H18N2OS/c1-2-8(9(10)13)11-4-3-6-12-7-5-11/h8H,2-7H2,1H3,(H2,10,13). The van der Waals surface area contributed by atoms with Crippen LogP contribution in [0, 0.1) is 0 Å². The van der Waals surface area contributed by atoms with E-state index in [0.717, 1.165) is 39.1 Å². The Balaban J connectivity index is 2.50. The Labute approximate surface area is 85.2 Å². The number of rotatable bonds is 3. The first-order valence-corrected chi connectivity index (χ1v) is 5.27. The smallest absolute Gasteiger partial charge is 0.0901 e. The summed E-state index contributed by atoms with van der Waals surface area (Å²) in [5.41, 5.74) is 5.68. The van der Waals surface area contributed by atoms with Crippen LogP contribution in [-0.2, 0) is 4.74 Å². The van der Waals surface area contributed by atoms with Gasteiger partial charge in [0, 0.05) is 19.7 Å². The average molecular weight is 202 g/mol. The van der Waals surface area contributed by atoms with Gasteiger partial charge in [-0.3, -0.25) is 4.90 Å². The van der Waals surface area contributed by atoms with E-state index in [2.05, 4.69) is 11.8 Å². The third kappa shape index (κ3) is 3.21. The van der Waals surface area contributed by atoms with Gasteiger partial charge in [0.2, 0.25) is 0 Å². The molecule has 0 aliphatic carbocycles. The summed E-state index contributed by atoms with van der Waals surface area (Å²) in [5.74, 6) is 0. The summed E-state index contributed by atoms with van der Waals surface area (Å²) >= 11 is 5.04. The Morgan fingerprint density at radius 2 is 2.31 bits per heavy atom. The molecule has 0 bridgehead atoms. The van der Waals surface area contributed by atoms with Crippen LogP contribution in [0.5, 0.6) is 0 Å². The molecule has 0 aromatic rings. The lowest BCUT2D eigenvalue weighted by molar-refractivity contribution is 0.138. The van der Waals surface area contributed by atoms with Gasteiger partial charge in [0.05, 0.1) is 17.6 Å². The highest BCUT2D eigenvalue weighted by molar-refractivity contribution is 7.80. The van der Waals surface area contributed by atoms with Crippen LogP contribution in [0.3, 0.4) is 0 Å². The van der Waals surface area contributed by atoms with Crippen molar-refractivity contribution >= 4 is 17.2 Å². The van der Waals surface area contributed by atoms with Crippen molar-refractivity contribution in [3.8, 4) is 0 Å². The minimum Gasteiger partial charge on any atom is -0.392 e. The molecule has 1 fully saturated rings. The molecule has 0 aromatic carbocycles. The van der Waals surface area contributed by atoms with Crippen LogP contribution < -0.4 is 5.73 Å². The second-order valence-electron chi connectivity index (χ2n) is 3.33. The summed E-state index contributed by atoms with van der Waals surface area (Å²) in [4.78, 5) is 2.94. The van der Waals surface area contributed by atoms with E-state index in [4.69, 9.17) is 22.7 Å². The molecule has 0 spiro atoms. The Bertz CT molecular complexity index is 167. The van der Waals surface area contributed by atoms with E-state index in [0.29, 0.717) is 4.99 Å². The quantitative estimate of drug-likeness (QED) is 0.686. The van der Waals surface area contributed by atoms with Crippen LogP contribution in [0.25, 0.3) is 0 Å². The molecule has 76 valence electrons. The first-order valence-electron chi connectivity index (χ1n) is 4.86. The zero-order chi connectivity index (χ0) is 9.68. The minimum atomic E-state index is 0.261. The third-order valence-electron chi connectivity index (χ3n) is 2.41. The van der Waals surface area contributed by atoms with Crippen LogP contribution in [0.1, 0.15) is 19.8 Å². The van der Waals surface area contributed by atoms with Crippen molar-refractivity contribution in [2.45, 2.75) is 25.8 Å². The summed E-state index contributed by atoms with van der Waals surface area (Å²) in [6, 6.07) is 0.261. The fraction of sp³-hybridized carbons (Fsp3) is 0.889. The van der Waals surface area contributed by atoms with Crippen molar-refractivity contribution in [2.24, 2.45) is 5.73 Å². The fourth-order valence-electron chi connectivity index (χ4n) is 1.72.